The molecule has 2 aromatic rings. The number of nitro benzene ring substituents is 1. The Hall–Kier alpha value is -3.30. The van der Waals surface area contributed by atoms with Crippen LogP contribution in [0.5, 0.6) is 5.75 Å². The van der Waals surface area contributed by atoms with E-state index in [0.29, 0.717) is 5.69 Å². The lowest BCUT2D eigenvalue weighted by Crippen LogP contribution is -2.21. The van der Waals surface area contributed by atoms with E-state index in [2.05, 4.69) is 10.6 Å². The third-order valence-electron chi connectivity index (χ3n) is 3.55. The highest BCUT2D eigenvalue weighted by Gasteiger charge is 2.30. The minimum Gasteiger partial charge on any atom is -0.492 e. The first-order valence-corrected chi connectivity index (χ1v) is 7.77. The summed E-state index contributed by atoms with van der Waals surface area (Å²) < 4.78 is 42.8. The van der Waals surface area contributed by atoms with Gasteiger partial charge < -0.3 is 15.4 Å². The van der Waals surface area contributed by atoms with Crippen molar-refractivity contribution >= 4 is 17.3 Å². The fourth-order valence-corrected chi connectivity index (χ4v) is 2.22. The van der Waals surface area contributed by atoms with E-state index in [1.54, 1.807) is 0 Å². The van der Waals surface area contributed by atoms with E-state index in [-0.39, 0.29) is 30.2 Å². The molecule has 1 amide bonds. The predicted octanol–water partition coefficient (Wildman–Crippen LogP) is 3.46. The molecule has 7 nitrogen and oxygen atoms in total. The lowest BCUT2D eigenvalue weighted by molar-refractivity contribution is -0.384. The molecule has 0 aliphatic heterocycles. The van der Waals surface area contributed by atoms with Crippen LogP contribution in [0.3, 0.4) is 0 Å². The fourth-order valence-electron chi connectivity index (χ4n) is 2.22. The minimum absolute atomic E-state index is 0.0984. The average Bonchev–Trinajstić information content (AvgIpc) is 2.64. The summed E-state index contributed by atoms with van der Waals surface area (Å²) in [5.41, 5.74) is -0.522. The van der Waals surface area contributed by atoms with E-state index in [1.165, 1.54) is 31.3 Å². The molecular formula is C17H16F3N3O4. The molecule has 2 N–H and O–H groups in total. The third-order valence-corrected chi connectivity index (χ3v) is 3.55. The first kappa shape index (κ1) is 20.0. The summed E-state index contributed by atoms with van der Waals surface area (Å²) in [6, 6.07) is 8.07. The Labute approximate surface area is 152 Å². The van der Waals surface area contributed by atoms with Gasteiger partial charge in [0.2, 0.25) is 0 Å². The molecule has 0 spiro atoms. The fraction of sp³-hybridized carbons (Fsp3) is 0.235. The molecular weight excluding hydrogens is 367 g/mol. The van der Waals surface area contributed by atoms with Gasteiger partial charge in [-0.3, -0.25) is 14.9 Å². The second kappa shape index (κ2) is 8.39. The van der Waals surface area contributed by atoms with Gasteiger partial charge in [-0.1, -0.05) is 0 Å². The molecule has 0 bridgehead atoms. The third kappa shape index (κ3) is 5.33. The van der Waals surface area contributed by atoms with Gasteiger partial charge in [-0.15, -0.1) is 0 Å². The molecule has 0 fully saturated rings. The molecule has 2 rings (SSSR count). The summed E-state index contributed by atoms with van der Waals surface area (Å²) in [6.07, 6.45) is -4.41. The van der Waals surface area contributed by atoms with E-state index in [1.807, 2.05) is 0 Å². The normalized spacial score (nSPS) is 11.0. The molecule has 2 aromatic carbocycles. The number of non-ortho nitro benzene ring substituents is 1. The van der Waals surface area contributed by atoms with E-state index in [9.17, 15) is 28.1 Å². The Morgan fingerprint density at radius 3 is 2.41 bits per heavy atom. The minimum atomic E-state index is -4.41. The highest BCUT2D eigenvalue weighted by Crippen LogP contribution is 2.30. The summed E-state index contributed by atoms with van der Waals surface area (Å²) >= 11 is 0. The van der Waals surface area contributed by atoms with Crippen LogP contribution in [0, 0.1) is 10.1 Å². The highest BCUT2D eigenvalue weighted by atomic mass is 19.4. The van der Waals surface area contributed by atoms with Gasteiger partial charge in [0.25, 0.3) is 11.6 Å². The molecule has 0 aliphatic rings. The van der Waals surface area contributed by atoms with E-state index >= 15 is 0 Å². The lowest BCUT2D eigenvalue weighted by Gasteiger charge is -2.12. The molecule has 10 heteroatoms. The maximum absolute atomic E-state index is 12.5. The standard InChI is InChI=1S/C17H16F3N3O4/c1-21-16(24)14-10-12(23(25)26)4-7-15(14)22-8-9-27-13-5-2-11(3-6-13)17(18,19)20/h2-7,10,22H,8-9H2,1H3,(H,21,24). The smallest absolute Gasteiger partial charge is 0.416 e. The van der Waals surface area contributed by atoms with Crippen LogP contribution in [-0.4, -0.2) is 31.0 Å². The second-order valence-electron chi connectivity index (χ2n) is 5.36. The SMILES string of the molecule is CNC(=O)c1cc([N+](=O)[O-])ccc1NCCOc1ccc(C(F)(F)F)cc1. The number of rotatable bonds is 7. The van der Waals surface area contributed by atoms with Crippen LogP contribution in [0.4, 0.5) is 24.5 Å². The largest absolute Gasteiger partial charge is 0.492 e. The number of amides is 1. The van der Waals surface area contributed by atoms with Crippen molar-refractivity contribution in [2.24, 2.45) is 0 Å². The molecule has 0 saturated heterocycles. The number of hydrogen-bond acceptors (Lipinski definition) is 5. The molecule has 0 unspecified atom stereocenters. The van der Waals surface area contributed by atoms with Gasteiger partial charge in [0.1, 0.15) is 12.4 Å². The van der Waals surface area contributed by atoms with Crippen LogP contribution in [0.25, 0.3) is 0 Å². The number of nitrogens with zero attached hydrogens (tertiary/aromatic N) is 1. The predicted molar refractivity (Wildman–Crippen MR) is 91.9 cm³/mol. The number of hydrogen-bond donors (Lipinski definition) is 2. The number of carbonyl (C=O) groups is 1. The van der Waals surface area contributed by atoms with Gasteiger partial charge in [-0.2, -0.15) is 13.2 Å². The van der Waals surface area contributed by atoms with Crippen molar-refractivity contribution in [1.82, 2.24) is 5.32 Å². The summed E-state index contributed by atoms with van der Waals surface area (Å²) in [5.74, 6) is -0.232. The highest BCUT2D eigenvalue weighted by molar-refractivity contribution is 6.00. The maximum Gasteiger partial charge on any atom is 0.416 e. The number of anilines is 1. The van der Waals surface area contributed by atoms with Gasteiger partial charge >= 0.3 is 6.18 Å². The Kier molecular flexibility index (Phi) is 6.22. The molecule has 0 aliphatic carbocycles. The zero-order valence-electron chi connectivity index (χ0n) is 14.2. The first-order valence-electron chi connectivity index (χ1n) is 7.77. The maximum atomic E-state index is 12.5. The molecule has 0 heterocycles. The Morgan fingerprint density at radius 2 is 1.85 bits per heavy atom. The van der Waals surface area contributed by atoms with E-state index in [4.69, 9.17) is 4.74 Å². The van der Waals surface area contributed by atoms with Crippen molar-refractivity contribution in [3.05, 3.63) is 63.7 Å². The Bertz CT molecular complexity index is 823. The van der Waals surface area contributed by atoms with Crippen LogP contribution >= 0.6 is 0 Å². The Morgan fingerprint density at radius 1 is 1.19 bits per heavy atom. The average molecular weight is 383 g/mol. The molecule has 0 aromatic heterocycles. The van der Waals surface area contributed by atoms with Crippen molar-refractivity contribution in [2.45, 2.75) is 6.18 Å². The monoisotopic (exact) mass is 383 g/mol. The quantitative estimate of drug-likeness (QED) is 0.434. The number of nitrogens with one attached hydrogen (secondary N) is 2. The van der Waals surface area contributed by atoms with Gasteiger partial charge in [-0.05, 0) is 30.3 Å². The van der Waals surface area contributed by atoms with Crippen LogP contribution in [0.15, 0.2) is 42.5 Å². The molecule has 0 atom stereocenters. The number of alkyl halides is 3. The number of benzene rings is 2. The summed E-state index contributed by atoms with van der Waals surface area (Å²) in [6.45, 7) is 0.332. The molecule has 144 valence electrons. The van der Waals surface area contributed by atoms with Crippen molar-refractivity contribution in [3.63, 3.8) is 0 Å². The first-order chi connectivity index (χ1) is 12.7. The summed E-state index contributed by atoms with van der Waals surface area (Å²) in [5, 5.41) is 16.2. The van der Waals surface area contributed by atoms with Crippen molar-refractivity contribution in [3.8, 4) is 5.75 Å². The molecule has 27 heavy (non-hydrogen) atoms. The van der Waals surface area contributed by atoms with E-state index in [0.717, 1.165) is 18.2 Å². The Balaban J connectivity index is 1.97. The van der Waals surface area contributed by atoms with E-state index < -0.39 is 22.6 Å². The lowest BCUT2D eigenvalue weighted by atomic mass is 10.1. The summed E-state index contributed by atoms with van der Waals surface area (Å²) in [7, 11) is 1.40. The molecule has 0 radical (unpaired) electrons. The van der Waals surface area contributed by atoms with Gasteiger partial charge in [0.15, 0.2) is 0 Å². The van der Waals surface area contributed by atoms with Gasteiger partial charge in [-0.25, -0.2) is 0 Å². The number of carbonyl (C=O) groups excluding carboxylic acids is 1. The zero-order valence-corrected chi connectivity index (χ0v) is 14.2. The van der Waals surface area contributed by atoms with Crippen LogP contribution in [0.2, 0.25) is 0 Å². The van der Waals surface area contributed by atoms with Crippen LogP contribution in [-0.2, 0) is 6.18 Å². The van der Waals surface area contributed by atoms with Crippen molar-refractivity contribution < 1.29 is 27.6 Å². The summed E-state index contributed by atoms with van der Waals surface area (Å²) in [4.78, 5) is 22.1. The topological polar surface area (TPSA) is 93.5 Å². The number of ether oxygens (including phenoxy) is 1. The van der Waals surface area contributed by atoms with Gasteiger partial charge in [0.05, 0.1) is 16.1 Å². The van der Waals surface area contributed by atoms with Crippen molar-refractivity contribution in [1.29, 1.82) is 0 Å². The zero-order chi connectivity index (χ0) is 20.0. The van der Waals surface area contributed by atoms with Crippen LogP contribution < -0.4 is 15.4 Å². The van der Waals surface area contributed by atoms with Crippen molar-refractivity contribution in [2.75, 3.05) is 25.5 Å². The number of nitro groups is 1. The number of halogens is 3. The molecule has 0 saturated carbocycles. The second-order valence-corrected chi connectivity index (χ2v) is 5.36. The van der Waals surface area contributed by atoms with Gasteiger partial charge in [0, 0.05) is 31.4 Å². The van der Waals surface area contributed by atoms with Crippen LogP contribution in [0.1, 0.15) is 15.9 Å².